The molecule has 45 heteroatoms. The van der Waals surface area contributed by atoms with Crippen LogP contribution in [0.3, 0.4) is 0 Å². The predicted molar refractivity (Wildman–Crippen MR) is 237 cm³/mol. The Morgan fingerprint density at radius 1 is 0.338 bits per heavy atom. The average Bonchev–Trinajstić information content (AvgIpc) is 3.22. The van der Waals surface area contributed by atoms with E-state index in [0.29, 0.717) is 66.7 Å². The molecule has 80 heavy (non-hydrogen) atoms. The summed E-state index contributed by atoms with van der Waals surface area (Å²) in [6, 6.07) is 3.66. The van der Waals surface area contributed by atoms with Gasteiger partial charge < -0.3 is 48.6 Å². The van der Waals surface area contributed by atoms with Gasteiger partial charge in [-0.3, -0.25) is 18.7 Å². The molecule has 6 N–H and O–H groups in total. The van der Waals surface area contributed by atoms with Gasteiger partial charge in [-0.1, -0.05) is 0 Å². The quantitative estimate of drug-likeness (QED) is 0.0436. The first-order valence-electron chi connectivity index (χ1n) is 18.4. The van der Waals surface area contributed by atoms with E-state index in [0.717, 1.165) is 0 Å². The Bertz CT molecular complexity index is 4210. The van der Waals surface area contributed by atoms with Crippen molar-refractivity contribution < 1.29 is 295 Å². The number of anilines is 4. The van der Waals surface area contributed by atoms with Crippen molar-refractivity contribution in [1.29, 1.82) is 0 Å². The summed E-state index contributed by atoms with van der Waals surface area (Å²) in [7, 11) is -45.3. The van der Waals surface area contributed by atoms with Crippen molar-refractivity contribution in [2.24, 2.45) is 0 Å². The summed E-state index contributed by atoms with van der Waals surface area (Å²) in [5.41, 5.74) is -5.95. The van der Waals surface area contributed by atoms with Gasteiger partial charge in [-0.25, -0.2) is 55.3 Å². The number of benzene rings is 6. The van der Waals surface area contributed by atoms with Crippen molar-refractivity contribution in [2.45, 2.75) is 39.2 Å². The van der Waals surface area contributed by atoms with Gasteiger partial charge in [0.05, 0.1) is 61.7 Å². The molecule has 0 heterocycles. The van der Waals surface area contributed by atoms with Gasteiger partial charge in [0, 0.05) is 22.1 Å². The van der Waals surface area contributed by atoms with Crippen molar-refractivity contribution in [1.82, 2.24) is 0 Å². The van der Waals surface area contributed by atoms with Crippen molar-refractivity contribution >= 4 is 143 Å². The predicted octanol–water partition coefficient (Wildman–Crippen LogP) is -17.9. The minimum absolute atomic E-state index is 0. The fourth-order valence-electron chi connectivity index (χ4n) is 6.68. The number of carbonyl (C=O) groups excluding carboxylic acids is 3. The molecule has 0 unspecified atom stereocenters. The van der Waals surface area contributed by atoms with Gasteiger partial charge in [-0.15, -0.1) is 0 Å². The van der Waals surface area contributed by atoms with Crippen LogP contribution in [0.1, 0.15) is 20.7 Å². The number of carbonyl (C=O) groups is 3. The molecule has 396 valence electrons. The van der Waals surface area contributed by atoms with Crippen LogP contribution >= 0.6 is 0 Å². The number of amides is 4. The third-order valence-electron chi connectivity index (χ3n) is 9.63. The molecule has 0 radical (unpaired) electrons. The Morgan fingerprint density at radius 2 is 0.613 bits per heavy atom. The van der Waals surface area contributed by atoms with Crippen LogP contribution in [0, 0.1) is 0 Å². The summed E-state index contributed by atoms with van der Waals surface area (Å²) in [6.07, 6.45) is 0. The summed E-state index contributed by atoms with van der Waals surface area (Å²) in [6.45, 7) is 0. The van der Waals surface area contributed by atoms with Crippen LogP contribution in [0.25, 0.3) is 21.5 Å². The van der Waals surface area contributed by atoms with Gasteiger partial charge in [-0.2, -0.15) is 16.8 Å². The van der Waals surface area contributed by atoms with Crippen LogP contribution in [0.5, 0.6) is 0 Å². The normalized spacial score (nSPS) is 12.1. The number of urea groups is 1. The van der Waals surface area contributed by atoms with E-state index in [1.165, 1.54) is 0 Å². The zero-order valence-corrected chi connectivity index (χ0v) is 59.5. The molecule has 0 aromatic heterocycles. The minimum atomic E-state index is -5.86. The molecule has 0 saturated heterocycles. The maximum atomic E-state index is 13.6. The maximum Gasteiger partial charge on any atom is 1.00 e. The molecular formula is C35H20N4Na6O27S8. The summed E-state index contributed by atoms with van der Waals surface area (Å²) in [4.78, 5) is 28.7. The molecule has 0 spiro atoms. The van der Waals surface area contributed by atoms with E-state index in [1.807, 2.05) is 16.0 Å². The Hall–Kier alpha value is -0.670. The molecule has 31 nitrogen and oxygen atoms in total. The fourth-order valence-corrected chi connectivity index (χ4v) is 11.9. The van der Waals surface area contributed by atoms with E-state index in [1.54, 1.807) is 5.32 Å². The molecule has 0 atom stereocenters. The van der Waals surface area contributed by atoms with E-state index in [-0.39, 0.29) is 196 Å². The van der Waals surface area contributed by atoms with Crippen LogP contribution < -0.4 is 199 Å². The zero-order valence-electron chi connectivity index (χ0n) is 40.9. The van der Waals surface area contributed by atoms with Crippen LogP contribution in [0.2, 0.25) is 0 Å². The smallest absolute Gasteiger partial charge is 0.744 e. The molecule has 0 saturated carbocycles. The molecule has 0 fully saturated rings. The Morgan fingerprint density at radius 3 is 0.912 bits per heavy atom. The monoisotopic (exact) mass is 1320 g/mol. The molecule has 4 amide bonds. The van der Waals surface area contributed by atoms with Gasteiger partial charge in [-0.05, 0) is 95.7 Å². The fraction of sp³-hybridized carbons (Fsp3) is 0. The van der Waals surface area contributed by atoms with E-state index in [4.69, 9.17) is 0 Å². The van der Waals surface area contributed by atoms with E-state index in [2.05, 4.69) is 0 Å². The molecule has 0 bridgehead atoms. The largest absolute Gasteiger partial charge is 1.00 e. The summed E-state index contributed by atoms with van der Waals surface area (Å²) < 4.78 is 286. The number of rotatable bonds is 14. The van der Waals surface area contributed by atoms with Crippen LogP contribution in [-0.4, -0.2) is 122 Å². The Balaban J connectivity index is 0.0000104. The first kappa shape index (κ1) is 79.3. The van der Waals surface area contributed by atoms with Gasteiger partial charge >= 0.3 is 183 Å². The molecule has 0 aliphatic carbocycles. The number of hydrogen-bond donors (Lipinski definition) is 6. The van der Waals surface area contributed by atoms with Gasteiger partial charge in [0.25, 0.3) is 32.1 Å². The van der Waals surface area contributed by atoms with Crippen LogP contribution in [-0.2, 0) is 80.9 Å². The SMILES string of the molecule is O=C(Nc1ccc(C(=O)Nc2cc(S(=O)(=O)[O-])cc3cc(S(=O)(=O)[O-])cc(S(=O)(=O)[O-])c23)c(S(=O)(=O)[O-])c1)Nc1ccc(C(=O)Nc2cc(S(=O)(=O)O)cc3cc(S(=O)(=O)O)cc(S(=O)(=O)[O-])c23)c(S(=O)(=O)[O-])c1.[Na+].[Na+].[Na+].[Na+].[Na+].[Na+]. The Kier molecular flexibility index (Phi) is 28.2. The number of fused-ring (bicyclic) bond motifs is 2. The second-order valence-electron chi connectivity index (χ2n) is 14.6. The summed E-state index contributed by atoms with van der Waals surface area (Å²) >= 11 is 0. The third kappa shape index (κ3) is 19.2. The Labute approximate surface area is 585 Å². The summed E-state index contributed by atoms with van der Waals surface area (Å²) in [5.74, 6) is -3.49. The number of hydrogen-bond acceptors (Lipinski definition) is 25. The van der Waals surface area contributed by atoms with Crippen molar-refractivity contribution in [3.8, 4) is 0 Å². The number of nitrogens with one attached hydrogen (secondary N) is 4. The van der Waals surface area contributed by atoms with Crippen LogP contribution in [0.4, 0.5) is 27.5 Å². The standard InChI is InChI=1S/C35H26N4O27S8.6Na/c40-33(38-25-11-19(67(43,44)45)5-15-7-21(69(49,50)51)13-29(31(15)25)73(61,62)63)23-3-1-17(9-27(23)71(55,56)57)36-35(42)37-18-2-4-24(28(10-18)72(58,59)60)34(41)39-26-12-20(68(46,47)48)6-16-8-22(70(52,53)54)14-30(32(16)26)74(64,65)66;;;;;;/h1-14H,(H,38,40)(H,39,41)(H2,36,37,42)(H,43,44,45)(H,46,47,48)(H,49,50,51)(H,52,53,54)(H,55,56,57)(H,58,59,60)(H,61,62,63)(H,64,65,66);;;;;;/q;6*+1/p-6. The van der Waals surface area contributed by atoms with E-state index >= 15 is 0 Å². The minimum Gasteiger partial charge on any atom is -0.744 e. The molecule has 0 aliphatic rings. The maximum absolute atomic E-state index is 13.6. The van der Waals surface area contributed by atoms with Gasteiger partial charge in [0.15, 0.2) is 0 Å². The third-order valence-corrected chi connectivity index (χ3v) is 16.4. The molecule has 6 rings (SSSR count). The molecule has 0 aliphatic heterocycles. The van der Waals surface area contributed by atoms with Crippen molar-refractivity contribution in [3.63, 3.8) is 0 Å². The van der Waals surface area contributed by atoms with Crippen molar-refractivity contribution in [3.05, 3.63) is 96.1 Å². The van der Waals surface area contributed by atoms with E-state index in [9.17, 15) is 118 Å². The zero-order chi connectivity index (χ0) is 55.9. The second-order valence-corrected chi connectivity index (χ2v) is 25.6. The average molecular weight is 1320 g/mol. The van der Waals surface area contributed by atoms with Crippen molar-refractivity contribution in [2.75, 3.05) is 21.3 Å². The second kappa shape index (κ2) is 28.4. The van der Waals surface area contributed by atoms with Gasteiger partial charge in [0.1, 0.15) is 60.7 Å². The summed E-state index contributed by atoms with van der Waals surface area (Å²) in [5, 5.41) is 3.69. The first-order valence-corrected chi connectivity index (χ1v) is 29.7. The molecule has 6 aromatic carbocycles. The first-order chi connectivity index (χ1) is 33.4. The molecule has 6 aromatic rings. The van der Waals surface area contributed by atoms with Gasteiger partial charge in [0.2, 0.25) is 0 Å². The van der Waals surface area contributed by atoms with Crippen LogP contribution in [0.15, 0.2) is 124 Å². The van der Waals surface area contributed by atoms with E-state index < -0.39 is 193 Å². The topological polar surface area (TPSA) is 551 Å². The molecular weight excluding hydrogens is 1300 g/mol.